The predicted octanol–water partition coefficient (Wildman–Crippen LogP) is 3.31. The number of halogens is 2. The normalized spacial score (nSPS) is 10.4. The molecule has 0 aliphatic rings. The molecule has 6 heteroatoms. The predicted molar refractivity (Wildman–Crippen MR) is 65.2 cm³/mol. The van der Waals surface area contributed by atoms with E-state index in [0.29, 0.717) is 5.82 Å². The first-order valence-corrected chi connectivity index (χ1v) is 6.11. The molecule has 2 heterocycles. The number of rotatable bonds is 1. The van der Waals surface area contributed by atoms with E-state index in [1.165, 1.54) is 0 Å². The molecule has 0 fully saturated rings. The lowest BCUT2D eigenvalue weighted by Gasteiger charge is -1.98. The fourth-order valence-corrected chi connectivity index (χ4v) is 2.59. The maximum absolute atomic E-state index is 5.55. The van der Waals surface area contributed by atoms with Crippen LogP contribution in [-0.4, -0.2) is 10.2 Å². The number of nitrogens with zero attached hydrogens (tertiary/aromatic N) is 2. The SMILES string of the molecule is Nc1nnc(-c2ccc(Br)s2)cc1Br. The second kappa shape index (κ2) is 3.96. The number of hydrogen-bond donors (Lipinski definition) is 1. The van der Waals surface area contributed by atoms with Crippen LogP contribution in [0.2, 0.25) is 0 Å². The maximum atomic E-state index is 5.55. The van der Waals surface area contributed by atoms with Gasteiger partial charge in [0.1, 0.15) is 5.69 Å². The van der Waals surface area contributed by atoms with Gasteiger partial charge in [0.25, 0.3) is 0 Å². The van der Waals surface area contributed by atoms with Gasteiger partial charge >= 0.3 is 0 Å². The maximum Gasteiger partial charge on any atom is 0.160 e. The summed E-state index contributed by atoms with van der Waals surface area (Å²) in [5.41, 5.74) is 6.37. The van der Waals surface area contributed by atoms with Crippen LogP contribution < -0.4 is 5.73 Å². The summed E-state index contributed by atoms with van der Waals surface area (Å²) < 4.78 is 1.84. The Kier molecular flexibility index (Phi) is 2.85. The third-order valence-electron chi connectivity index (χ3n) is 1.60. The number of nitrogens with two attached hydrogens (primary N) is 1. The summed E-state index contributed by atoms with van der Waals surface area (Å²) in [6.07, 6.45) is 0. The molecule has 0 aromatic carbocycles. The number of nitrogen functional groups attached to an aromatic ring is 1. The Morgan fingerprint density at radius 3 is 2.57 bits per heavy atom. The first-order chi connectivity index (χ1) is 6.66. The van der Waals surface area contributed by atoms with Gasteiger partial charge < -0.3 is 5.73 Å². The number of aromatic nitrogens is 2. The molecule has 0 saturated carbocycles. The van der Waals surface area contributed by atoms with Crippen LogP contribution in [-0.2, 0) is 0 Å². The van der Waals surface area contributed by atoms with E-state index < -0.39 is 0 Å². The Morgan fingerprint density at radius 1 is 1.21 bits per heavy atom. The molecule has 0 saturated heterocycles. The Hall–Kier alpha value is -0.460. The minimum atomic E-state index is 0.407. The molecular formula is C8H5Br2N3S. The lowest BCUT2D eigenvalue weighted by Crippen LogP contribution is -1.95. The van der Waals surface area contributed by atoms with E-state index in [4.69, 9.17) is 5.73 Å². The standard InChI is InChI=1S/C8H5Br2N3S/c9-4-3-5(12-13-8(4)11)6-1-2-7(10)14-6/h1-3H,(H2,11,13). The van der Waals surface area contributed by atoms with Crippen molar-refractivity contribution in [1.82, 2.24) is 10.2 Å². The van der Waals surface area contributed by atoms with Crippen molar-refractivity contribution < 1.29 is 0 Å². The van der Waals surface area contributed by atoms with Crippen LogP contribution in [0.4, 0.5) is 5.82 Å². The molecule has 2 N–H and O–H groups in total. The Labute approximate surface area is 102 Å². The van der Waals surface area contributed by atoms with E-state index in [9.17, 15) is 0 Å². The second-order valence-electron chi connectivity index (χ2n) is 2.57. The van der Waals surface area contributed by atoms with Gasteiger partial charge in [-0.3, -0.25) is 0 Å². The summed E-state index contributed by atoms with van der Waals surface area (Å²) in [6, 6.07) is 5.83. The molecule has 3 nitrogen and oxygen atoms in total. The summed E-state index contributed by atoms with van der Waals surface area (Å²) in [5, 5.41) is 7.84. The van der Waals surface area contributed by atoms with Crippen LogP contribution in [0.15, 0.2) is 26.5 Å². The molecule has 0 aliphatic heterocycles. The highest BCUT2D eigenvalue weighted by molar-refractivity contribution is 9.11. The third kappa shape index (κ3) is 1.97. The lowest BCUT2D eigenvalue weighted by atomic mass is 10.3. The average molecular weight is 335 g/mol. The van der Waals surface area contributed by atoms with E-state index in [2.05, 4.69) is 42.1 Å². The highest BCUT2D eigenvalue weighted by Crippen LogP contribution is 2.31. The van der Waals surface area contributed by atoms with E-state index in [1.54, 1.807) is 11.3 Å². The minimum Gasteiger partial charge on any atom is -0.381 e. The van der Waals surface area contributed by atoms with Gasteiger partial charge in [0.05, 0.1) is 13.1 Å². The van der Waals surface area contributed by atoms with Crippen LogP contribution in [0.25, 0.3) is 10.6 Å². The van der Waals surface area contributed by atoms with E-state index >= 15 is 0 Å². The molecule has 0 spiro atoms. The zero-order valence-corrected chi connectivity index (χ0v) is 10.9. The van der Waals surface area contributed by atoms with Gasteiger partial charge in [0.15, 0.2) is 5.82 Å². The topological polar surface area (TPSA) is 51.8 Å². The van der Waals surface area contributed by atoms with E-state index in [1.807, 2.05) is 18.2 Å². The lowest BCUT2D eigenvalue weighted by molar-refractivity contribution is 1.05. The summed E-state index contributed by atoms with van der Waals surface area (Å²) in [7, 11) is 0. The van der Waals surface area contributed by atoms with Crippen LogP contribution in [0.5, 0.6) is 0 Å². The molecule has 0 aliphatic carbocycles. The van der Waals surface area contributed by atoms with E-state index in [-0.39, 0.29) is 0 Å². The third-order valence-corrected chi connectivity index (χ3v) is 3.88. The molecule has 0 atom stereocenters. The fraction of sp³-hybridized carbons (Fsp3) is 0. The Bertz CT molecular complexity index is 469. The van der Waals surface area contributed by atoms with Gasteiger partial charge in [0.2, 0.25) is 0 Å². The highest BCUT2D eigenvalue weighted by Gasteiger charge is 2.06. The molecule has 0 amide bonds. The molecule has 72 valence electrons. The van der Waals surface area contributed by atoms with Gasteiger partial charge in [-0.1, -0.05) is 0 Å². The quantitative estimate of drug-likeness (QED) is 0.870. The molecule has 0 unspecified atom stereocenters. The summed E-state index contributed by atoms with van der Waals surface area (Å²) in [4.78, 5) is 1.06. The van der Waals surface area contributed by atoms with Crippen LogP contribution >= 0.6 is 43.2 Å². The van der Waals surface area contributed by atoms with Gasteiger partial charge in [0, 0.05) is 0 Å². The van der Waals surface area contributed by atoms with Crippen molar-refractivity contribution in [3.05, 3.63) is 26.5 Å². The average Bonchev–Trinajstić information content (AvgIpc) is 2.57. The van der Waals surface area contributed by atoms with Gasteiger partial charge in [-0.15, -0.1) is 21.5 Å². The van der Waals surface area contributed by atoms with Crippen molar-refractivity contribution in [3.63, 3.8) is 0 Å². The Balaban J connectivity index is 2.47. The zero-order chi connectivity index (χ0) is 10.1. The smallest absolute Gasteiger partial charge is 0.160 e. The van der Waals surface area contributed by atoms with Crippen molar-refractivity contribution in [2.75, 3.05) is 5.73 Å². The number of hydrogen-bond acceptors (Lipinski definition) is 4. The molecular weight excluding hydrogens is 330 g/mol. The van der Waals surface area contributed by atoms with Crippen molar-refractivity contribution in [1.29, 1.82) is 0 Å². The second-order valence-corrected chi connectivity index (χ2v) is 5.88. The minimum absolute atomic E-state index is 0.407. The number of anilines is 1. The van der Waals surface area contributed by atoms with Crippen LogP contribution in [0.3, 0.4) is 0 Å². The number of thiophene rings is 1. The molecule has 2 aromatic rings. The van der Waals surface area contributed by atoms with Gasteiger partial charge in [-0.05, 0) is 50.1 Å². The van der Waals surface area contributed by atoms with Crippen molar-refractivity contribution in [2.24, 2.45) is 0 Å². The van der Waals surface area contributed by atoms with Crippen molar-refractivity contribution in [3.8, 4) is 10.6 Å². The fourth-order valence-electron chi connectivity index (χ4n) is 0.951. The van der Waals surface area contributed by atoms with E-state index in [0.717, 1.165) is 18.8 Å². The Morgan fingerprint density at radius 2 is 2.00 bits per heavy atom. The monoisotopic (exact) mass is 333 g/mol. The molecule has 14 heavy (non-hydrogen) atoms. The van der Waals surface area contributed by atoms with Crippen molar-refractivity contribution >= 4 is 49.0 Å². The van der Waals surface area contributed by atoms with Crippen LogP contribution in [0.1, 0.15) is 0 Å². The van der Waals surface area contributed by atoms with Gasteiger partial charge in [-0.25, -0.2) is 0 Å². The summed E-state index contributed by atoms with van der Waals surface area (Å²) in [6.45, 7) is 0. The molecule has 0 radical (unpaired) electrons. The van der Waals surface area contributed by atoms with Crippen molar-refractivity contribution in [2.45, 2.75) is 0 Å². The van der Waals surface area contributed by atoms with Crippen LogP contribution in [0, 0.1) is 0 Å². The zero-order valence-electron chi connectivity index (χ0n) is 6.87. The van der Waals surface area contributed by atoms with Gasteiger partial charge in [-0.2, -0.15) is 0 Å². The first kappa shape index (κ1) is 10.1. The molecule has 2 rings (SSSR count). The summed E-state index contributed by atoms with van der Waals surface area (Å²) >= 11 is 8.32. The summed E-state index contributed by atoms with van der Waals surface area (Å²) in [5.74, 6) is 0.407. The molecule has 2 aromatic heterocycles. The first-order valence-electron chi connectivity index (χ1n) is 3.71. The molecule has 0 bridgehead atoms. The highest BCUT2D eigenvalue weighted by atomic mass is 79.9. The largest absolute Gasteiger partial charge is 0.381 e.